The van der Waals surface area contributed by atoms with Gasteiger partial charge in [0.25, 0.3) is 0 Å². The van der Waals surface area contributed by atoms with Crippen molar-refractivity contribution in [2.24, 2.45) is 5.92 Å². The van der Waals surface area contributed by atoms with Gasteiger partial charge in [0, 0.05) is 39.8 Å². The van der Waals surface area contributed by atoms with E-state index in [2.05, 4.69) is 5.32 Å². The molecule has 19 heavy (non-hydrogen) atoms. The number of aliphatic hydroxyl groups excluding tert-OH is 1. The fraction of sp³-hybridized carbons (Fsp3) is 0.833. The Bertz CT molecular complexity index is 302. The summed E-state index contributed by atoms with van der Waals surface area (Å²) in [4.78, 5) is 24.4. The zero-order chi connectivity index (χ0) is 14.3. The molecule has 1 fully saturated rings. The maximum atomic E-state index is 11.9. The van der Waals surface area contributed by atoms with Crippen molar-refractivity contribution in [2.75, 3.05) is 33.4 Å². The summed E-state index contributed by atoms with van der Waals surface area (Å²) in [6.45, 7) is 1.63. The van der Waals surface area contributed by atoms with E-state index in [4.69, 9.17) is 14.9 Å². The van der Waals surface area contributed by atoms with Gasteiger partial charge in [0.05, 0.1) is 0 Å². The number of hydrogen-bond donors (Lipinski definition) is 3. The number of rotatable bonds is 6. The first-order valence-corrected chi connectivity index (χ1v) is 6.46. The van der Waals surface area contributed by atoms with E-state index >= 15 is 0 Å². The van der Waals surface area contributed by atoms with E-state index in [1.807, 2.05) is 0 Å². The van der Waals surface area contributed by atoms with Crippen LogP contribution >= 0.6 is 0 Å². The predicted octanol–water partition coefficient (Wildman–Crippen LogP) is -0.110. The van der Waals surface area contributed by atoms with E-state index in [1.165, 1.54) is 0 Å². The largest absolute Gasteiger partial charge is 0.480 e. The fourth-order valence-corrected chi connectivity index (χ4v) is 2.17. The van der Waals surface area contributed by atoms with Crippen LogP contribution in [0.15, 0.2) is 0 Å². The molecule has 0 aromatic heterocycles. The lowest BCUT2D eigenvalue weighted by molar-refractivity contribution is -0.139. The molecule has 7 heteroatoms. The summed E-state index contributed by atoms with van der Waals surface area (Å²) in [6.07, 6.45) is 1.74. The number of carboxylic acid groups (broad SMARTS) is 1. The van der Waals surface area contributed by atoms with Crippen LogP contribution in [0.1, 0.15) is 19.3 Å². The zero-order valence-corrected chi connectivity index (χ0v) is 11.2. The summed E-state index contributed by atoms with van der Waals surface area (Å²) in [6, 6.07) is -1.41. The molecule has 0 bridgehead atoms. The molecule has 0 unspecified atom stereocenters. The minimum Gasteiger partial charge on any atom is -0.480 e. The monoisotopic (exact) mass is 274 g/mol. The van der Waals surface area contributed by atoms with E-state index in [-0.39, 0.29) is 19.1 Å². The molecule has 0 aromatic rings. The van der Waals surface area contributed by atoms with E-state index in [0.29, 0.717) is 25.6 Å². The highest BCUT2D eigenvalue weighted by molar-refractivity contribution is 5.82. The Morgan fingerprint density at radius 2 is 2.05 bits per heavy atom. The topological polar surface area (TPSA) is 99.1 Å². The Morgan fingerprint density at radius 1 is 1.42 bits per heavy atom. The number of aliphatic carboxylic acids is 1. The highest BCUT2D eigenvalue weighted by atomic mass is 16.5. The molecule has 0 aromatic carbocycles. The number of carbonyl (C=O) groups is 2. The third-order valence-corrected chi connectivity index (χ3v) is 3.32. The van der Waals surface area contributed by atoms with Crippen molar-refractivity contribution in [2.45, 2.75) is 25.3 Å². The van der Waals surface area contributed by atoms with Crippen LogP contribution in [-0.2, 0) is 9.53 Å². The maximum absolute atomic E-state index is 11.9. The third kappa shape index (κ3) is 5.04. The molecule has 1 atom stereocenters. The number of nitrogens with zero attached hydrogens (tertiary/aromatic N) is 1. The average Bonchev–Trinajstić information content (AvgIpc) is 2.39. The lowest BCUT2D eigenvalue weighted by Crippen LogP contribution is -2.50. The van der Waals surface area contributed by atoms with Crippen molar-refractivity contribution in [1.82, 2.24) is 10.2 Å². The van der Waals surface area contributed by atoms with E-state index in [1.54, 1.807) is 12.0 Å². The molecule has 1 rings (SSSR count). The second kappa shape index (κ2) is 7.96. The van der Waals surface area contributed by atoms with Gasteiger partial charge >= 0.3 is 12.0 Å². The van der Waals surface area contributed by atoms with Gasteiger partial charge in [0.1, 0.15) is 6.04 Å². The van der Waals surface area contributed by atoms with Crippen molar-refractivity contribution < 1.29 is 24.5 Å². The molecule has 0 spiro atoms. The van der Waals surface area contributed by atoms with Gasteiger partial charge in [-0.15, -0.1) is 0 Å². The second-order valence-electron chi connectivity index (χ2n) is 4.74. The molecule has 1 aliphatic heterocycles. The number of carboxylic acids is 1. The quantitative estimate of drug-likeness (QED) is 0.627. The highest BCUT2D eigenvalue weighted by Crippen LogP contribution is 2.17. The van der Waals surface area contributed by atoms with Gasteiger partial charge in [-0.1, -0.05) is 0 Å². The van der Waals surface area contributed by atoms with Gasteiger partial charge in [0.2, 0.25) is 0 Å². The number of hydrogen-bond acceptors (Lipinski definition) is 4. The van der Waals surface area contributed by atoms with Crippen LogP contribution in [0, 0.1) is 5.92 Å². The molecule has 2 amide bonds. The standard InChI is InChI=1S/C12H22N2O5/c1-19-8-9-2-5-14(6-3-9)12(18)13-10(4-7-15)11(16)17/h9-10,15H,2-8H2,1H3,(H,13,18)(H,16,17)/t10-/m1/s1. The molecule has 7 nitrogen and oxygen atoms in total. The van der Waals surface area contributed by atoms with E-state index in [9.17, 15) is 9.59 Å². The van der Waals surface area contributed by atoms with Crippen molar-refractivity contribution in [1.29, 1.82) is 0 Å². The Balaban J connectivity index is 2.39. The second-order valence-corrected chi connectivity index (χ2v) is 4.74. The number of nitrogens with one attached hydrogen (secondary N) is 1. The van der Waals surface area contributed by atoms with Crippen molar-refractivity contribution in [3.63, 3.8) is 0 Å². The first-order valence-electron chi connectivity index (χ1n) is 6.46. The normalized spacial score (nSPS) is 18.1. The van der Waals surface area contributed by atoms with E-state index < -0.39 is 12.0 Å². The van der Waals surface area contributed by atoms with Gasteiger partial charge in [-0.25, -0.2) is 9.59 Å². The number of likely N-dealkylation sites (tertiary alicyclic amines) is 1. The highest BCUT2D eigenvalue weighted by Gasteiger charge is 2.26. The lowest BCUT2D eigenvalue weighted by Gasteiger charge is -2.32. The van der Waals surface area contributed by atoms with Crippen LogP contribution in [0.5, 0.6) is 0 Å². The number of carbonyl (C=O) groups excluding carboxylic acids is 1. The van der Waals surface area contributed by atoms with Gasteiger partial charge in [-0.3, -0.25) is 0 Å². The molecule has 0 aliphatic carbocycles. The molecule has 1 saturated heterocycles. The van der Waals surface area contributed by atoms with Crippen LogP contribution < -0.4 is 5.32 Å². The number of amides is 2. The van der Waals surface area contributed by atoms with E-state index in [0.717, 1.165) is 12.8 Å². The molecular weight excluding hydrogens is 252 g/mol. The van der Waals surface area contributed by atoms with Crippen LogP contribution in [0.2, 0.25) is 0 Å². The molecular formula is C12H22N2O5. The molecule has 1 aliphatic rings. The summed E-state index contributed by atoms with van der Waals surface area (Å²) < 4.78 is 5.08. The van der Waals surface area contributed by atoms with Crippen LogP contribution in [0.3, 0.4) is 0 Å². The van der Waals surface area contributed by atoms with Gasteiger partial charge < -0.3 is 25.2 Å². The van der Waals surface area contributed by atoms with Gasteiger partial charge in [0.15, 0.2) is 0 Å². The number of piperidine rings is 1. The maximum Gasteiger partial charge on any atom is 0.326 e. The molecule has 1 heterocycles. The number of aliphatic hydroxyl groups is 1. The molecule has 110 valence electrons. The minimum absolute atomic E-state index is 0.0151. The van der Waals surface area contributed by atoms with Crippen LogP contribution in [0.25, 0.3) is 0 Å². The Labute approximate surface area is 112 Å². The van der Waals surface area contributed by atoms with Crippen LogP contribution in [-0.4, -0.2) is 66.6 Å². The lowest BCUT2D eigenvalue weighted by atomic mass is 9.98. The van der Waals surface area contributed by atoms with Crippen molar-refractivity contribution >= 4 is 12.0 Å². The number of ether oxygens (including phenoxy) is 1. The Kier molecular flexibility index (Phi) is 6.58. The predicted molar refractivity (Wildman–Crippen MR) is 67.8 cm³/mol. The minimum atomic E-state index is -1.13. The Morgan fingerprint density at radius 3 is 2.53 bits per heavy atom. The Hall–Kier alpha value is -1.34. The average molecular weight is 274 g/mol. The molecule has 0 radical (unpaired) electrons. The number of methoxy groups -OCH3 is 1. The summed E-state index contributed by atoms with van der Waals surface area (Å²) in [7, 11) is 1.66. The van der Waals surface area contributed by atoms with Crippen molar-refractivity contribution in [3.8, 4) is 0 Å². The van der Waals surface area contributed by atoms with Gasteiger partial charge in [-0.05, 0) is 18.8 Å². The summed E-state index contributed by atoms with van der Waals surface area (Å²) in [5, 5.41) is 20.1. The third-order valence-electron chi connectivity index (χ3n) is 3.32. The van der Waals surface area contributed by atoms with Crippen molar-refractivity contribution in [3.05, 3.63) is 0 Å². The smallest absolute Gasteiger partial charge is 0.326 e. The summed E-state index contributed by atoms with van der Waals surface area (Å²) in [5.41, 5.74) is 0. The zero-order valence-electron chi connectivity index (χ0n) is 11.2. The molecule has 0 saturated carbocycles. The summed E-state index contributed by atoms with van der Waals surface area (Å²) >= 11 is 0. The summed E-state index contributed by atoms with van der Waals surface area (Å²) in [5.74, 6) is -0.668. The SMILES string of the molecule is COCC1CCN(C(=O)N[C@H](CCO)C(=O)O)CC1. The number of urea groups is 1. The van der Waals surface area contributed by atoms with Crippen LogP contribution in [0.4, 0.5) is 4.79 Å². The first kappa shape index (κ1) is 15.7. The van der Waals surface area contributed by atoms with Gasteiger partial charge in [-0.2, -0.15) is 0 Å². The fourth-order valence-electron chi connectivity index (χ4n) is 2.17. The first-order chi connectivity index (χ1) is 9.08. The molecule has 3 N–H and O–H groups in total.